The molecule has 1 aromatic carbocycles. The van der Waals surface area contributed by atoms with Crippen LogP contribution in [0.25, 0.3) is 0 Å². The first-order chi connectivity index (χ1) is 6.54. The SMILES string of the molecule is CN=C(N)Nc1c(C)cc(C)cc1Br. The van der Waals surface area contributed by atoms with Crippen LogP contribution in [0.5, 0.6) is 0 Å². The van der Waals surface area contributed by atoms with E-state index in [1.807, 2.05) is 13.0 Å². The maximum Gasteiger partial charge on any atom is 0.192 e. The van der Waals surface area contributed by atoms with Crippen LogP contribution < -0.4 is 11.1 Å². The molecular weight excluding hydrogens is 242 g/mol. The zero-order valence-electron chi connectivity index (χ0n) is 8.56. The number of nitrogens with one attached hydrogen (secondary N) is 1. The third-order valence-corrected chi connectivity index (χ3v) is 2.55. The van der Waals surface area contributed by atoms with Gasteiger partial charge in [0.05, 0.1) is 5.69 Å². The molecular formula is C10H14BrN3. The fraction of sp³-hybridized carbons (Fsp3) is 0.300. The Hall–Kier alpha value is -1.03. The number of hydrogen-bond acceptors (Lipinski definition) is 1. The van der Waals surface area contributed by atoms with Gasteiger partial charge in [-0.2, -0.15) is 0 Å². The van der Waals surface area contributed by atoms with Gasteiger partial charge >= 0.3 is 0 Å². The van der Waals surface area contributed by atoms with Crippen LogP contribution in [0.2, 0.25) is 0 Å². The Balaban J connectivity index is 3.09. The largest absolute Gasteiger partial charge is 0.370 e. The first-order valence-electron chi connectivity index (χ1n) is 4.30. The number of rotatable bonds is 1. The molecule has 14 heavy (non-hydrogen) atoms. The lowest BCUT2D eigenvalue weighted by molar-refractivity contribution is 1.33. The summed E-state index contributed by atoms with van der Waals surface area (Å²) < 4.78 is 1.00. The van der Waals surface area contributed by atoms with E-state index in [0.29, 0.717) is 5.96 Å². The van der Waals surface area contributed by atoms with Gasteiger partial charge in [0.1, 0.15) is 0 Å². The maximum atomic E-state index is 5.60. The first-order valence-corrected chi connectivity index (χ1v) is 5.10. The molecule has 3 nitrogen and oxygen atoms in total. The third-order valence-electron chi connectivity index (χ3n) is 1.93. The van der Waals surface area contributed by atoms with Gasteiger partial charge < -0.3 is 11.1 Å². The summed E-state index contributed by atoms with van der Waals surface area (Å²) in [5.41, 5.74) is 8.93. The number of anilines is 1. The Morgan fingerprint density at radius 3 is 2.57 bits per heavy atom. The van der Waals surface area contributed by atoms with Crippen LogP contribution in [0.3, 0.4) is 0 Å². The lowest BCUT2D eigenvalue weighted by atomic mass is 10.1. The van der Waals surface area contributed by atoms with Crippen molar-refractivity contribution < 1.29 is 0 Å². The van der Waals surface area contributed by atoms with Gasteiger partial charge in [0.25, 0.3) is 0 Å². The van der Waals surface area contributed by atoms with Crippen LogP contribution in [0, 0.1) is 13.8 Å². The van der Waals surface area contributed by atoms with Crippen molar-refractivity contribution in [2.75, 3.05) is 12.4 Å². The summed E-state index contributed by atoms with van der Waals surface area (Å²) in [6.07, 6.45) is 0. The van der Waals surface area contributed by atoms with E-state index in [2.05, 4.69) is 39.2 Å². The summed E-state index contributed by atoms with van der Waals surface area (Å²) in [4.78, 5) is 3.85. The van der Waals surface area contributed by atoms with Gasteiger partial charge in [-0.05, 0) is 47.0 Å². The highest BCUT2D eigenvalue weighted by atomic mass is 79.9. The van der Waals surface area contributed by atoms with Gasteiger partial charge in [-0.3, -0.25) is 4.99 Å². The van der Waals surface area contributed by atoms with Crippen LogP contribution in [-0.4, -0.2) is 13.0 Å². The molecule has 0 heterocycles. The standard InChI is InChI=1S/C10H14BrN3/c1-6-4-7(2)9(8(11)5-6)14-10(12)13-3/h4-5H,1-3H3,(H3,12,13,14). The number of halogens is 1. The predicted octanol–water partition coefficient (Wildman–Crippen LogP) is 2.42. The summed E-state index contributed by atoms with van der Waals surface area (Å²) in [6, 6.07) is 4.13. The van der Waals surface area contributed by atoms with E-state index in [9.17, 15) is 0 Å². The Bertz CT molecular complexity index is 349. The summed E-state index contributed by atoms with van der Waals surface area (Å²) in [6.45, 7) is 4.09. The van der Waals surface area contributed by atoms with Crippen LogP contribution in [0.1, 0.15) is 11.1 Å². The van der Waals surface area contributed by atoms with E-state index in [1.165, 1.54) is 5.56 Å². The highest BCUT2D eigenvalue weighted by Gasteiger charge is 2.05. The van der Waals surface area contributed by atoms with Gasteiger partial charge in [-0.1, -0.05) is 6.07 Å². The molecule has 0 aliphatic carbocycles. The van der Waals surface area contributed by atoms with E-state index < -0.39 is 0 Å². The average Bonchev–Trinajstić information content (AvgIpc) is 2.10. The zero-order chi connectivity index (χ0) is 10.7. The summed E-state index contributed by atoms with van der Waals surface area (Å²) in [5.74, 6) is 0.414. The number of guanidine groups is 1. The number of nitrogens with two attached hydrogens (primary N) is 1. The Labute approximate surface area is 92.5 Å². The molecule has 1 rings (SSSR count). The van der Waals surface area contributed by atoms with E-state index in [4.69, 9.17) is 5.73 Å². The van der Waals surface area contributed by atoms with Crippen molar-refractivity contribution in [3.63, 3.8) is 0 Å². The Morgan fingerprint density at radius 1 is 1.43 bits per heavy atom. The van der Waals surface area contributed by atoms with Crippen LogP contribution >= 0.6 is 15.9 Å². The van der Waals surface area contributed by atoms with Crippen LogP contribution in [0.4, 0.5) is 5.69 Å². The van der Waals surface area contributed by atoms with Gasteiger partial charge in [-0.15, -0.1) is 0 Å². The Morgan fingerprint density at radius 2 is 2.07 bits per heavy atom. The topological polar surface area (TPSA) is 50.4 Å². The van der Waals surface area contributed by atoms with Crippen molar-refractivity contribution in [3.8, 4) is 0 Å². The van der Waals surface area contributed by atoms with Gasteiger partial charge in [0.2, 0.25) is 0 Å². The fourth-order valence-corrected chi connectivity index (χ4v) is 2.03. The summed E-state index contributed by atoms with van der Waals surface area (Å²) in [5, 5.41) is 3.04. The molecule has 0 fully saturated rings. The minimum absolute atomic E-state index is 0.414. The highest BCUT2D eigenvalue weighted by molar-refractivity contribution is 9.10. The summed E-state index contributed by atoms with van der Waals surface area (Å²) >= 11 is 3.48. The van der Waals surface area contributed by atoms with Crippen molar-refractivity contribution in [2.45, 2.75) is 13.8 Å². The van der Waals surface area contributed by atoms with Gasteiger partial charge in [-0.25, -0.2) is 0 Å². The quantitative estimate of drug-likeness (QED) is 0.598. The third kappa shape index (κ3) is 2.48. The molecule has 0 aromatic heterocycles. The second-order valence-electron chi connectivity index (χ2n) is 3.17. The molecule has 1 aromatic rings. The monoisotopic (exact) mass is 255 g/mol. The minimum atomic E-state index is 0.414. The molecule has 0 saturated carbocycles. The molecule has 0 unspecified atom stereocenters. The van der Waals surface area contributed by atoms with Crippen molar-refractivity contribution in [1.82, 2.24) is 0 Å². The smallest absolute Gasteiger partial charge is 0.192 e. The first kappa shape index (κ1) is 11.0. The van der Waals surface area contributed by atoms with Crippen LogP contribution in [-0.2, 0) is 0 Å². The Kier molecular flexibility index (Phi) is 3.52. The van der Waals surface area contributed by atoms with Crippen molar-refractivity contribution in [3.05, 3.63) is 27.7 Å². The normalized spacial score (nSPS) is 11.6. The fourth-order valence-electron chi connectivity index (χ4n) is 1.26. The maximum absolute atomic E-state index is 5.60. The molecule has 4 heteroatoms. The average molecular weight is 256 g/mol. The van der Waals surface area contributed by atoms with E-state index in [-0.39, 0.29) is 0 Å². The van der Waals surface area contributed by atoms with Crippen molar-refractivity contribution >= 4 is 27.6 Å². The van der Waals surface area contributed by atoms with E-state index >= 15 is 0 Å². The van der Waals surface area contributed by atoms with Crippen LogP contribution in [0.15, 0.2) is 21.6 Å². The number of hydrogen-bond donors (Lipinski definition) is 2. The second kappa shape index (κ2) is 4.46. The molecule has 0 saturated heterocycles. The predicted molar refractivity (Wildman–Crippen MR) is 64.8 cm³/mol. The minimum Gasteiger partial charge on any atom is -0.370 e. The summed E-state index contributed by atoms with van der Waals surface area (Å²) in [7, 11) is 1.65. The molecule has 76 valence electrons. The van der Waals surface area contributed by atoms with Gasteiger partial charge in [0.15, 0.2) is 5.96 Å². The van der Waals surface area contributed by atoms with Gasteiger partial charge in [0, 0.05) is 11.5 Å². The molecule has 3 N–H and O–H groups in total. The molecule has 0 amide bonds. The lowest BCUT2D eigenvalue weighted by Gasteiger charge is -2.11. The number of aryl methyl sites for hydroxylation is 2. The highest BCUT2D eigenvalue weighted by Crippen LogP contribution is 2.27. The molecule has 0 aliphatic heterocycles. The number of benzene rings is 1. The molecule has 0 bridgehead atoms. The zero-order valence-corrected chi connectivity index (χ0v) is 10.1. The molecule has 0 atom stereocenters. The number of aliphatic imine (C=N–C) groups is 1. The van der Waals surface area contributed by atoms with E-state index in [0.717, 1.165) is 15.7 Å². The van der Waals surface area contributed by atoms with Crippen molar-refractivity contribution in [1.29, 1.82) is 0 Å². The number of nitrogens with zero attached hydrogens (tertiary/aromatic N) is 1. The van der Waals surface area contributed by atoms with Crippen molar-refractivity contribution in [2.24, 2.45) is 10.7 Å². The molecule has 0 spiro atoms. The van der Waals surface area contributed by atoms with E-state index in [1.54, 1.807) is 7.05 Å². The molecule has 0 radical (unpaired) electrons. The molecule has 0 aliphatic rings. The second-order valence-corrected chi connectivity index (χ2v) is 4.03. The lowest BCUT2D eigenvalue weighted by Crippen LogP contribution is -2.22.